The quantitative estimate of drug-likeness (QED) is 0.451. The summed E-state index contributed by atoms with van der Waals surface area (Å²) in [4.78, 5) is 31.9. The molecule has 0 aromatic carbocycles. The van der Waals surface area contributed by atoms with Gasteiger partial charge in [0.15, 0.2) is 5.75 Å². The Bertz CT molecular complexity index is 1250. The highest BCUT2D eigenvalue weighted by Gasteiger charge is 2.28. The van der Waals surface area contributed by atoms with Crippen LogP contribution in [0.25, 0.3) is 5.69 Å². The van der Waals surface area contributed by atoms with Gasteiger partial charge in [0.2, 0.25) is 5.95 Å². The minimum Gasteiger partial charge on any atom is -0.488 e. The fourth-order valence-electron chi connectivity index (χ4n) is 3.52. The Morgan fingerprint density at radius 1 is 1.12 bits per heavy atom. The first-order valence-corrected chi connectivity index (χ1v) is 11.1. The number of ether oxygens (including phenoxy) is 1. The molecular weight excluding hydrogens is 523 g/mol. The van der Waals surface area contributed by atoms with Crippen LogP contribution in [0, 0.1) is 14.9 Å². The maximum atomic E-state index is 12.8. The standard InChI is InChI=1S/C21H17IN8O2/c22-13-9-26-21(27-10-13)29-5-3-16(4-6-29)32-18-7-19(31)30(28-20(18)17-12-25-17)15-2-1-14(8-23)24-11-15/h1-2,7,9-12,16-17H,3-6H2. The van der Waals surface area contributed by atoms with Crippen LogP contribution in [0.3, 0.4) is 0 Å². The molecule has 1 fully saturated rings. The number of hydrogen-bond acceptors (Lipinski definition) is 9. The van der Waals surface area contributed by atoms with E-state index in [2.05, 4.69) is 52.5 Å². The molecule has 10 nitrogen and oxygen atoms in total. The Balaban J connectivity index is 1.33. The van der Waals surface area contributed by atoms with E-state index in [9.17, 15) is 4.79 Å². The number of halogens is 1. The van der Waals surface area contributed by atoms with Gasteiger partial charge in [-0.2, -0.15) is 15.0 Å². The number of pyridine rings is 1. The molecule has 0 amide bonds. The molecule has 3 aromatic rings. The van der Waals surface area contributed by atoms with Crippen LogP contribution in [0.1, 0.15) is 30.3 Å². The molecule has 5 rings (SSSR count). The van der Waals surface area contributed by atoms with Crippen molar-refractivity contribution in [3.8, 4) is 17.5 Å². The van der Waals surface area contributed by atoms with Crippen molar-refractivity contribution in [1.29, 1.82) is 5.26 Å². The van der Waals surface area contributed by atoms with E-state index < -0.39 is 0 Å². The maximum Gasteiger partial charge on any atom is 0.275 e. The summed E-state index contributed by atoms with van der Waals surface area (Å²) in [5.41, 5.74) is 1.01. The van der Waals surface area contributed by atoms with Gasteiger partial charge in [0.25, 0.3) is 5.56 Å². The first-order chi connectivity index (χ1) is 15.6. The summed E-state index contributed by atoms with van der Waals surface area (Å²) in [6.07, 6.45) is 8.34. The molecule has 1 unspecified atom stereocenters. The van der Waals surface area contributed by atoms with Crippen molar-refractivity contribution in [2.45, 2.75) is 25.0 Å². The molecular formula is C21H17IN8O2. The van der Waals surface area contributed by atoms with Gasteiger partial charge in [-0.3, -0.25) is 9.79 Å². The molecule has 2 aliphatic heterocycles. The zero-order chi connectivity index (χ0) is 22.1. The first-order valence-electron chi connectivity index (χ1n) is 10.0. The SMILES string of the molecule is N#Cc1ccc(-n2nc(C3C=N3)c(OC3CCN(c4ncc(I)cn4)CC3)cc2=O)cn1. The van der Waals surface area contributed by atoms with E-state index in [-0.39, 0.29) is 23.4 Å². The van der Waals surface area contributed by atoms with Crippen molar-refractivity contribution in [3.05, 3.63) is 62.1 Å². The van der Waals surface area contributed by atoms with E-state index in [0.29, 0.717) is 17.1 Å². The Morgan fingerprint density at radius 3 is 2.50 bits per heavy atom. The second kappa shape index (κ2) is 8.62. The molecule has 0 bridgehead atoms. The number of piperidine rings is 1. The van der Waals surface area contributed by atoms with Gasteiger partial charge in [-0.05, 0) is 34.7 Å². The van der Waals surface area contributed by atoms with Gasteiger partial charge in [-0.25, -0.2) is 15.0 Å². The molecule has 0 aliphatic carbocycles. The molecule has 160 valence electrons. The van der Waals surface area contributed by atoms with Gasteiger partial charge in [-0.1, -0.05) is 0 Å². The largest absolute Gasteiger partial charge is 0.488 e. The van der Waals surface area contributed by atoms with Gasteiger partial charge in [0.1, 0.15) is 29.6 Å². The lowest BCUT2D eigenvalue weighted by molar-refractivity contribution is 0.167. The lowest BCUT2D eigenvalue weighted by Crippen LogP contribution is -2.39. The summed E-state index contributed by atoms with van der Waals surface area (Å²) >= 11 is 2.18. The molecule has 32 heavy (non-hydrogen) atoms. The maximum absolute atomic E-state index is 12.8. The van der Waals surface area contributed by atoms with E-state index >= 15 is 0 Å². The molecule has 5 heterocycles. The van der Waals surface area contributed by atoms with Crippen LogP contribution < -0.4 is 15.2 Å². The predicted octanol–water partition coefficient (Wildman–Crippen LogP) is 2.07. The van der Waals surface area contributed by atoms with E-state index in [1.165, 1.54) is 16.9 Å². The second-order valence-electron chi connectivity index (χ2n) is 7.41. The molecule has 1 atom stereocenters. The molecule has 0 radical (unpaired) electrons. The third kappa shape index (κ3) is 4.31. The van der Waals surface area contributed by atoms with Crippen molar-refractivity contribution in [1.82, 2.24) is 24.7 Å². The number of aliphatic imine (C=N–C) groups is 1. The lowest BCUT2D eigenvalue weighted by Gasteiger charge is -2.32. The number of nitriles is 1. The Labute approximate surface area is 196 Å². The zero-order valence-electron chi connectivity index (χ0n) is 16.8. The highest BCUT2D eigenvalue weighted by molar-refractivity contribution is 14.1. The van der Waals surface area contributed by atoms with Crippen molar-refractivity contribution in [2.24, 2.45) is 4.99 Å². The van der Waals surface area contributed by atoms with Crippen LogP contribution in [0.5, 0.6) is 5.75 Å². The minimum atomic E-state index is -0.333. The van der Waals surface area contributed by atoms with Crippen molar-refractivity contribution < 1.29 is 4.74 Å². The highest BCUT2D eigenvalue weighted by Crippen LogP contribution is 2.31. The Hall–Kier alpha value is -3.40. The third-order valence-corrected chi connectivity index (χ3v) is 5.79. The smallest absolute Gasteiger partial charge is 0.275 e. The molecule has 0 spiro atoms. The molecule has 0 saturated carbocycles. The summed E-state index contributed by atoms with van der Waals surface area (Å²) in [6, 6.07) is 6.41. The summed E-state index contributed by atoms with van der Waals surface area (Å²) in [5, 5.41) is 13.4. The van der Waals surface area contributed by atoms with E-state index in [1.54, 1.807) is 30.7 Å². The van der Waals surface area contributed by atoms with Gasteiger partial charge in [-0.15, -0.1) is 0 Å². The van der Waals surface area contributed by atoms with E-state index in [4.69, 9.17) is 10.00 Å². The van der Waals surface area contributed by atoms with Crippen LogP contribution >= 0.6 is 22.6 Å². The number of aromatic nitrogens is 5. The topological polar surface area (TPSA) is 122 Å². The zero-order valence-corrected chi connectivity index (χ0v) is 19.0. The van der Waals surface area contributed by atoms with Gasteiger partial charge in [0, 0.05) is 54.2 Å². The van der Waals surface area contributed by atoms with Crippen LogP contribution in [-0.2, 0) is 0 Å². The average molecular weight is 540 g/mol. The lowest BCUT2D eigenvalue weighted by atomic mass is 10.1. The molecule has 1 saturated heterocycles. The minimum absolute atomic E-state index is 0.0405. The van der Waals surface area contributed by atoms with E-state index in [1.807, 2.05) is 6.07 Å². The summed E-state index contributed by atoms with van der Waals surface area (Å²) < 4.78 is 8.47. The van der Waals surface area contributed by atoms with Crippen molar-refractivity contribution >= 4 is 34.8 Å². The Morgan fingerprint density at radius 2 is 1.88 bits per heavy atom. The number of hydrogen-bond donors (Lipinski definition) is 0. The van der Waals surface area contributed by atoms with Crippen LogP contribution in [0.15, 0.2) is 46.6 Å². The highest BCUT2D eigenvalue weighted by atomic mass is 127. The Kier molecular flexibility index (Phi) is 5.52. The molecule has 11 heteroatoms. The molecule has 3 aromatic heterocycles. The normalized spacial score (nSPS) is 17.8. The van der Waals surface area contributed by atoms with Gasteiger partial charge in [0.05, 0.1) is 11.9 Å². The van der Waals surface area contributed by atoms with Crippen LogP contribution in [0.4, 0.5) is 5.95 Å². The monoisotopic (exact) mass is 540 g/mol. The van der Waals surface area contributed by atoms with Crippen LogP contribution in [-0.4, -0.2) is 50.1 Å². The van der Waals surface area contributed by atoms with E-state index in [0.717, 1.165) is 35.4 Å². The fourth-order valence-corrected chi connectivity index (χ4v) is 3.80. The summed E-state index contributed by atoms with van der Waals surface area (Å²) in [5.74, 6) is 1.18. The number of nitrogens with zero attached hydrogens (tertiary/aromatic N) is 8. The van der Waals surface area contributed by atoms with Crippen LogP contribution in [0.2, 0.25) is 0 Å². The summed E-state index contributed by atoms with van der Waals surface area (Å²) in [6.45, 7) is 1.53. The van der Waals surface area contributed by atoms with Gasteiger partial charge < -0.3 is 9.64 Å². The molecule has 0 N–H and O–H groups in total. The number of rotatable bonds is 5. The van der Waals surface area contributed by atoms with Gasteiger partial charge >= 0.3 is 0 Å². The summed E-state index contributed by atoms with van der Waals surface area (Å²) in [7, 11) is 0. The van der Waals surface area contributed by atoms with Crippen molar-refractivity contribution in [2.75, 3.05) is 18.0 Å². The average Bonchev–Trinajstić information content (AvgIpc) is 3.66. The third-order valence-electron chi connectivity index (χ3n) is 5.23. The first kappa shape index (κ1) is 20.5. The predicted molar refractivity (Wildman–Crippen MR) is 124 cm³/mol. The van der Waals surface area contributed by atoms with Crippen molar-refractivity contribution in [3.63, 3.8) is 0 Å². The number of anilines is 1. The second-order valence-corrected chi connectivity index (χ2v) is 8.65. The molecule has 2 aliphatic rings. The fraction of sp³-hybridized carbons (Fsp3) is 0.286.